The molecule has 0 radical (unpaired) electrons. The summed E-state index contributed by atoms with van der Waals surface area (Å²) in [5.74, 6) is 0.879. The average molecular weight is 153 g/mol. The van der Waals surface area contributed by atoms with Crippen molar-refractivity contribution >= 4 is 0 Å². The van der Waals surface area contributed by atoms with E-state index in [0.29, 0.717) is 0 Å². The maximum absolute atomic E-state index is 2.73. The monoisotopic (exact) mass is 153 g/mol. The first-order chi connectivity index (χ1) is 5.29. The highest BCUT2D eigenvalue weighted by Crippen LogP contribution is 2.34. The van der Waals surface area contributed by atoms with Crippen molar-refractivity contribution in [2.75, 3.05) is 6.54 Å². The molecule has 0 N–H and O–H groups in total. The lowest BCUT2D eigenvalue weighted by atomic mass is 9.83. The third-order valence-electron chi connectivity index (χ3n) is 3.42. The Morgan fingerprint density at radius 1 is 1.18 bits per heavy atom. The summed E-state index contributed by atoms with van der Waals surface area (Å²) >= 11 is 0. The molecule has 1 aliphatic heterocycles. The summed E-state index contributed by atoms with van der Waals surface area (Å²) in [7, 11) is 0. The second-order valence-corrected chi connectivity index (χ2v) is 4.42. The summed E-state index contributed by atoms with van der Waals surface area (Å²) in [6.07, 6.45) is 5.88. The first-order valence-electron chi connectivity index (χ1n) is 5.05. The predicted octanol–water partition coefficient (Wildman–Crippen LogP) is 2.27. The largest absolute Gasteiger partial charge is 0.297 e. The van der Waals surface area contributed by atoms with Gasteiger partial charge in [0.05, 0.1) is 0 Å². The Morgan fingerprint density at radius 2 is 1.91 bits per heavy atom. The van der Waals surface area contributed by atoms with Crippen molar-refractivity contribution < 1.29 is 0 Å². The van der Waals surface area contributed by atoms with E-state index in [-0.39, 0.29) is 0 Å². The van der Waals surface area contributed by atoms with Gasteiger partial charge in [0.15, 0.2) is 0 Å². The van der Waals surface area contributed by atoms with Gasteiger partial charge in [-0.15, -0.1) is 0 Å². The van der Waals surface area contributed by atoms with Crippen LogP contribution in [0.3, 0.4) is 0 Å². The normalized spacial score (nSPS) is 33.5. The van der Waals surface area contributed by atoms with Crippen LogP contribution in [0.25, 0.3) is 0 Å². The molecule has 1 nitrogen and oxygen atoms in total. The molecule has 0 unspecified atom stereocenters. The quantitative estimate of drug-likeness (QED) is 0.588. The van der Waals surface area contributed by atoms with Gasteiger partial charge in [0.2, 0.25) is 0 Å². The van der Waals surface area contributed by atoms with Gasteiger partial charge in [-0.3, -0.25) is 4.90 Å². The van der Waals surface area contributed by atoms with E-state index in [1.54, 1.807) is 0 Å². The lowest BCUT2D eigenvalue weighted by Gasteiger charge is -2.51. The maximum Gasteiger partial charge on any atom is 0.0133 e. The van der Waals surface area contributed by atoms with Gasteiger partial charge in [0, 0.05) is 18.6 Å². The van der Waals surface area contributed by atoms with E-state index < -0.39 is 0 Å². The number of likely N-dealkylation sites (tertiary alicyclic amines) is 1. The molecule has 11 heavy (non-hydrogen) atoms. The van der Waals surface area contributed by atoms with Crippen molar-refractivity contribution in [3.8, 4) is 0 Å². The van der Waals surface area contributed by atoms with Crippen molar-refractivity contribution in [1.29, 1.82) is 0 Å². The molecule has 0 aromatic heterocycles. The zero-order chi connectivity index (χ0) is 7.84. The summed E-state index contributed by atoms with van der Waals surface area (Å²) in [6.45, 7) is 6.10. The Kier molecular flexibility index (Phi) is 1.92. The van der Waals surface area contributed by atoms with E-state index in [4.69, 9.17) is 0 Å². The molecule has 2 rings (SSSR count). The van der Waals surface area contributed by atoms with Crippen LogP contribution in [0.2, 0.25) is 0 Å². The second-order valence-electron chi connectivity index (χ2n) is 4.42. The van der Waals surface area contributed by atoms with Crippen LogP contribution in [0.4, 0.5) is 0 Å². The zero-order valence-electron chi connectivity index (χ0n) is 7.71. The number of hydrogen-bond acceptors (Lipinski definition) is 1. The van der Waals surface area contributed by atoms with E-state index in [0.717, 1.165) is 18.0 Å². The molecule has 2 fully saturated rings. The smallest absolute Gasteiger partial charge is 0.0133 e. The molecule has 1 atom stereocenters. The van der Waals surface area contributed by atoms with Gasteiger partial charge in [-0.1, -0.05) is 20.3 Å². The van der Waals surface area contributed by atoms with Crippen LogP contribution in [0.15, 0.2) is 0 Å². The maximum atomic E-state index is 2.73. The fourth-order valence-corrected chi connectivity index (χ4v) is 2.32. The predicted molar refractivity (Wildman–Crippen MR) is 47.6 cm³/mol. The summed E-state index contributed by atoms with van der Waals surface area (Å²) < 4.78 is 0. The summed E-state index contributed by atoms with van der Waals surface area (Å²) in [5, 5.41) is 0. The van der Waals surface area contributed by atoms with Gasteiger partial charge in [-0.2, -0.15) is 0 Å². The van der Waals surface area contributed by atoms with E-state index in [2.05, 4.69) is 18.7 Å². The molecule has 0 aromatic carbocycles. The molecule has 1 saturated carbocycles. The fourth-order valence-electron chi connectivity index (χ4n) is 2.32. The number of hydrogen-bond donors (Lipinski definition) is 0. The van der Waals surface area contributed by atoms with Crippen molar-refractivity contribution in [3.63, 3.8) is 0 Å². The Labute approximate surface area is 69.8 Å². The van der Waals surface area contributed by atoms with Crippen molar-refractivity contribution in [1.82, 2.24) is 4.90 Å². The molecule has 0 aromatic rings. The third kappa shape index (κ3) is 1.20. The standard InChI is InChI=1S/C10H19N/c1-8(2)10-6-7-11(10)9-4-3-5-9/h8-10H,3-7H2,1-2H3/t10-/m0/s1. The number of nitrogens with zero attached hydrogens (tertiary/aromatic N) is 1. The van der Waals surface area contributed by atoms with Gasteiger partial charge in [0.25, 0.3) is 0 Å². The molecule has 2 aliphatic rings. The van der Waals surface area contributed by atoms with Crippen molar-refractivity contribution in [3.05, 3.63) is 0 Å². The zero-order valence-corrected chi connectivity index (χ0v) is 7.71. The summed E-state index contributed by atoms with van der Waals surface area (Å²) in [6, 6.07) is 1.91. The lowest BCUT2D eigenvalue weighted by Crippen LogP contribution is -2.57. The average Bonchev–Trinajstić information content (AvgIpc) is 1.73. The van der Waals surface area contributed by atoms with Crippen LogP contribution in [0.1, 0.15) is 39.5 Å². The highest BCUT2D eigenvalue weighted by atomic mass is 15.2. The molecule has 0 amide bonds. The Balaban J connectivity index is 1.85. The molecule has 0 spiro atoms. The lowest BCUT2D eigenvalue weighted by molar-refractivity contribution is -0.0173. The minimum Gasteiger partial charge on any atom is -0.297 e. The van der Waals surface area contributed by atoms with Gasteiger partial charge >= 0.3 is 0 Å². The summed E-state index contributed by atoms with van der Waals surface area (Å²) in [4.78, 5) is 2.73. The van der Waals surface area contributed by atoms with Crippen molar-refractivity contribution in [2.24, 2.45) is 5.92 Å². The molecular weight excluding hydrogens is 134 g/mol. The molecule has 1 heteroatoms. The fraction of sp³-hybridized carbons (Fsp3) is 1.00. The number of rotatable bonds is 2. The topological polar surface area (TPSA) is 3.24 Å². The highest BCUT2D eigenvalue weighted by Gasteiger charge is 2.37. The second kappa shape index (κ2) is 2.78. The highest BCUT2D eigenvalue weighted by molar-refractivity contribution is 4.92. The molecule has 1 aliphatic carbocycles. The van der Waals surface area contributed by atoms with E-state index in [1.807, 2.05) is 0 Å². The SMILES string of the molecule is CC(C)[C@@H]1CCN1C1CCC1. The minimum absolute atomic E-state index is 0.879. The van der Waals surface area contributed by atoms with Crippen molar-refractivity contribution in [2.45, 2.75) is 51.6 Å². The van der Waals surface area contributed by atoms with E-state index >= 15 is 0 Å². The molecule has 0 bridgehead atoms. The molecule has 1 saturated heterocycles. The van der Waals surface area contributed by atoms with Crippen LogP contribution < -0.4 is 0 Å². The molecule has 64 valence electrons. The Morgan fingerprint density at radius 3 is 2.18 bits per heavy atom. The van der Waals surface area contributed by atoms with Gasteiger partial charge in [-0.05, 0) is 25.2 Å². The van der Waals surface area contributed by atoms with E-state index in [9.17, 15) is 0 Å². The van der Waals surface area contributed by atoms with Gasteiger partial charge in [-0.25, -0.2) is 0 Å². The van der Waals surface area contributed by atoms with Crippen LogP contribution in [-0.4, -0.2) is 23.5 Å². The van der Waals surface area contributed by atoms with Crippen LogP contribution in [0.5, 0.6) is 0 Å². The van der Waals surface area contributed by atoms with Gasteiger partial charge < -0.3 is 0 Å². The first kappa shape index (κ1) is 7.60. The molecule has 1 heterocycles. The third-order valence-corrected chi connectivity index (χ3v) is 3.42. The van der Waals surface area contributed by atoms with Crippen LogP contribution >= 0.6 is 0 Å². The van der Waals surface area contributed by atoms with Crippen LogP contribution in [0, 0.1) is 5.92 Å². The minimum atomic E-state index is 0.879. The molecular formula is C10H19N. The first-order valence-corrected chi connectivity index (χ1v) is 5.05. The Hall–Kier alpha value is -0.0400. The summed E-state index contributed by atoms with van der Waals surface area (Å²) in [5.41, 5.74) is 0. The van der Waals surface area contributed by atoms with E-state index in [1.165, 1.54) is 32.2 Å². The van der Waals surface area contributed by atoms with Crippen LogP contribution in [-0.2, 0) is 0 Å². The van der Waals surface area contributed by atoms with Gasteiger partial charge in [0.1, 0.15) is 0 Å². The Bertz CT molecular complexity index is 138.